The highest BCUT2D eigenvalue weighted by Crippen LogP contribution is 2.35. The van der Waals surface area contributed by atoms with E-state index in [9.17, 15) is 0 Å². The summed E-state index contributed by atoms with van der Waals surface area (Å²) in [6.45, 7) is 7.74. The molecule has 0 aliphatic heterocycles. The Labute approximate surface area is 96.5 Å². The minimum Gasteiger partial charge on any atom is -0.489 e. The van der Waals surface area contributed by atoms with Gasteiger partial charge in [-0.2, -0.15) is 0 Å². The molecule has 4 nitrogen and oxygen atoms in total. The van der Waals surface area contributed by atoms with Gasteiger partial charge in [0.2, 0.25) is 0 Å². The van der Waals surface area contributed by atoms with Crippen molar-refractivity contribution < 1.29 is 9.47 Å². The van der Waals surface area contributed by atoms with Crippen molar-refractivity contribution in [3.8, 4) is 11.5 Å². The fourth-order valence-electron chi connectivity index (χ4n) is 1.32. The molecule has 0 radical (unpaired) electrons. The summed E-state index contributed by atoms with van der Waals surface area (Å²) in [5, 5.41) is 0. The van der Waals surface area contributed by atoms with E-state index in [0.29, 0.717) is 22.9 Å². The molecule has 0 saturated carbocycles. The Kier molecular flexibility index (Phi) is 3.88. The Hall–Kier alpha value is -1.58. The molecule has 0 aliphatic carbocycles. The van der Waals surface area contributed by atoms with Crippen molar-refractivity contribution in [2.75, 3.05) is 11.5 Å². The minimum absolute atomic E-state index is 0.0519. The van der Waals surface area contributed by atoms with Crippen molar-refractivity contribution >= 4 is 11.4 Å². The van der Waals surface area contributed by atoms with Gasteiger partial charge in [-0.05, 0) is 27.7 Å². The van der Waals surface area contributed by atoms with Crippen molar-refractivity contribution in [2.45, 2.75) is 39.9 Å². The number of rotatable bonds is 4. The van der Waals surface area contributed by atoms with Gasteiger partial charge < -0.3 is 20.9 Å². The molecule has 0 unspecified atom stereocenters. The van der Waals surface area contributed by atoms with E-state index in [2.05, 4.69) is 0 Å². The van der Waals surface area contributed by atoms with Gasteiger partial charge in [0.1, 0.15) is 17.2 Å². The number of benzene rings is 1. The van der Waals surface area contributed by atoms with Crippen LogP contribution in [0.4, 0.5) is 11.4 Å². The van der Waals surface area contributed by atoms with Crippen molar-refractivity contribution in [3.63, 3.8) is 0 Å². The van der Waals surface area contributed by atoms with Crippen molar-refractivity contribution in [1.29, 1.82) is 0 Å². The Morgan fingerprint density at radius 1 is 0.875 bits per heavy atom. The Morgan fingerprint density at radius 3 is 1.56 bits per heavy atom. The van der Waals surface area contributed by atoms with Gasteiger partial charge in [-0.25, -0.2) is 0 Å². The van der Waals surface area contributed by atoms with Crippen LogP contribution in [0.1, 0.15) is 27.7 Å². The average Bonchev–Trinajstić information content (AvgIpc) is 2.11. The number of hydrogen-bond donors (Lipinski definition) is 2. The average molecular weight is 224 g/mol. The number of nitrogen functional groups attached to an aromatic ring is 2. The highest BCUT2D eigenvalue weighted by atomic mass is 16.5. The molecule has 0 aromatic heterocycles. The number of hydrogen-bond acceptors (Lipinski definition) is 4. The second kappa shape index (κ2) is 4.96. The molecule has 0 bridgehead atoms. The molecular weight excluding hydrogens is 204 g/mol. The van der Waals surface area contributed by atoms with Crippen LogP contribution in [0.3, 0.4) is 0 Å². The van der Waals surface area contributed by atoms with E-state index >= 15 is 0 Å². The second-order valence-electron chi connectivity index (χ2n) is 4.26. The Balaban J connectivity index is 3.05. The quantitative estimate of drug-likeness (QED) is 0.770. The molecule has 0 fully saturated rings. The summed E-state index contributed by atoms with van der Waals surface area (Å²) in [4.78, 5) is 0. The van der Waals surface area contributed by atoms with Gasteiger partial charge in [0, 0.05) is 17.8 Å². The largest absolute Gasteiger partial charge is 0.489 e. The van der Waals surface area contributed by atoms with Crippen LogP contribution in [0.5, 0.6) is 11.5 Å². The molecular formula is C12H20N2O2. The van der Waals surface area contributed by atoms with Crippen molar-refractivity contribution in [2.24, 2.45) is 0 Å². The zero-order valence-electron chi connectivity index (χ0n) is 10.3. The van der Waals surface area contributed by atoms with Crippen LogP contribution in [-0.4, -0.2) is 12.2 Å². The summed E-state index contributed by atoms with van der Waals surface area (Å²) in [7, 11) is 0. The molecule has 0 spiro atoms. The van der Waals surface area contributed by atoms with E-state index in [4.69, 9.17) is 20.9 Å². The van der Waals surface area contributed by atoms with E-state index < -0.39 is 0 Å². The lowest BCUT2D eigenvalue weighted by molar-refractivity contribution is 0.232. The zero-order chi connectivity index (χ0) is 12.3. The van der Waals surface area contributed by atoms with Crippen LogP contribution in [0.2, 0.25) is 0 Å². The summed E-state index contributed by atoms with van der Waals surface area (Å²) in [6.07, 6.45) is 0.104. The van der Waals surface area contributed by atoms with Gasteiger partial charge in [0.25, 0.3) is 0 Å². The minimum atomic E-state index is 0.0519. The Bertz CT molecular complexity index is 331. The van der Waals surface area contributed by atoms with Crippen LogP contribution in [0.15, 0.2) is 12.1 Å². The van der Waals surface area contributed by atoms with Gasteiger partial charge >= 0.3 is 0 Å². The number of anilines is 2. The highest BCUT2D eigenvalue weighted by molar-refractivity contribution is 5.68. The lowest BCUT2D eigenvalue weighted by Crippen LogP contribution is -2.11. The molecule has 4 N–H and O–H groups in total. The van der Waals surface area contributed by atoms with Gasteiger partial charge in [0.15, 0.2) is 0 Å². The first-order valence-corrected chi connectivity index (χ1v) is 5.42. The molecule has 0 amide bonds. The third-order valence-corrected chi connectivity index (χ3v) is 1.85. The van der Waals surface area contributed by atoms with Crippen LogP contribution in [0, 0.1) is 0 Å². The summed E-state index contributed by atoms with van der Waals surface area (Å²) in [5.74, 6) is 1.15. The van der Waals surface area contributed by atoms with Gasteiger partial charge in [-0.15, -0.1) is 0 Å². The first-order chi connectivity index (χ1) is 7.40. The van der Waals surface area contributed by atoms with E-state index in [1.165, 1.54) is 0 Å². The SMILES string of the molecule is CC(C)Oc1cc(N)cc(OC(C)C)c1N. The van der Waals surface area contributed by atoms with E-state index in [1.54, 1.807) is 12.1 Å². The lowest BCUT2D eigenvalue weighted by atomic mass is 10.2. The molecule has 90 valence electrons. The second-order valence-corrected chi connectivity index (χ2v) is 4.26. The van der Waals surface area contributed by atoms with Crippen LogP contribution >= 0.6 is 0 Å². The van der Waals surface area contributed by atoms with E-state index in [0.717, 1.165) is 0 Å². The fourth-order valence-corrected chi connectivity index (χ4v) is 1.32. The molecule has 1 aromatic carbocycles. The fraction of sp³-hybridized carbons (Fsp3) is 0.500. The molecule has 0 heterocycles. The topological polar surface area (TPSA) is 70.5 Å². The predicted octanol–water partition coefficient (Wildman–Crippen LogP) is 2.43. The first-order valence-electron chi connectivity index (χ1n) is 5.42. The summed E-state index contributed by atoms with van der Waals surface area (Å²) < 4.78 is 11.1. The van der Waals surface area contributed by atoms with Gasteiger partial charge in [-0.1, -0.05) is 0 Å². The summed E-state index contributed by atoms with van der Waals surface area (Å²) >= 11 is 0. The Morgan fingerprint density at radius 2 is 1.25 bits per heavy atom. The van der Waals surface area contributed by atoms with Crippen molar-refractivity contribution in [1.82, 2.24) is 0 Å². The highest BCUT2D eigenvalue weighted by Gasteiger charge is 2.11. The number of ether oxygens (including phenoxy) is 2. The molecule has 16 heavy (non-hydrogen) atoms. The standard InChI is InChI=1S/C12H20N2O2/c1-7(2)15-10-5-9(13)6-11(12(10)14)16-8(3)4/h5-8H,13-14H2,1-4H3. The van der Waals surface area contributed by atoms with Crippen LogP contribution in [0.25, 0.3) is 0 Å². The maximum absolute atomic E-state index is 5.94. The molecule has 1 aromatic rings. The van der Waals surface area contributed by atoms with Gasteiger partial charge in [0.05, 0.1) is 12.2 Å². The number of nitrogens with two attached hydrogens (primary N) is 2. The molecule has 0 saturated heterocycles. The smallest absolute Gasteiger partial charge is 0.148 e. The summed E-state index contributed by atoms with van der Waals surface area (Å²) in [6, 6.07) is 3.42. The molecule has 1 rings (SSSR count). The first kappa shape index (κ1) is 12.5. The molecule has 0 aliphatic rings. The van der Waals surface area contributed by atoms with E-state index in [1.807, 2.05) is 27.7 Å². The van der Waals surface area contributed by atoms with Crippen LogP contribution in [-0.2, 0) is 0 Å². The monoisotopic (exact) mass is 224 g/mol. The third kappa shape index (κ3) is 3.22. The zero-order valence-corrected chi connectivity index (χ0v) is 10.3. The third-order valence-electron chi connectivity index (χ3n) is 1.85. The lowest BCUT2D eigenvalue weighted by Gasteiger charge is -2.17. The predicted molar refractivity (Wildman–Crippen MR) is 66.8 cm³/mol. The van der Waals surface area contributed by atoms with Crippen LogP contribution < -0.4 is 20.9 Å². The molecule has 4 heteroatoms. The maximum Gasteiger partial charge on any atom is 0.148 e. The molecule has 0 atom stereocenters. The van der Waals surface area contributed by atoms with E-state index in [-0.39, 0.29) is 12.2 Å². The van der Waals surface area contributed by atoms with Crippen molar-refractivity contribution in [3.05, 3.63) is 12.1 Å². The van der Waals surface area contributed by atoms with Gasteiger partial charge in [-0.3, -0.25) is 0 Å². The summed E-state index contributed by atoms with van der Waals surface area (Å²) in [5.41, 5.74) is 12.8. The maximum atomic E-state index is 5.94. The normalized spacial score (nSPS) is 10.9.